The molecule has 5 nitrogen and oxygen atoms in total. The van der Waals surface area contributed by atoms with Crippen LogP contribution in [0.25, 0.3) is 6.08 Å². The molecule has 6 heteroatoms. The van der Waals surface area contributed by atoms with E-state index in [4.69, 9.17) is 14.2 Å². The van der Waals surface area contributed by atoms with E-state index in [0.717, 1.165) is 18.4 Å². The molecule has 1 fully saturated rings. The number of benzene rings is 2. The predicted molar refractivity (Wildman–Crippen MR) is 119 cm³/mol. The van der Waals surface area contributed by atoms with Gasteiger partial charge in [-0.1, -0.05) is 36.9 Å². The first-order valence-corrected chi connectivity index (χ1v) is 10.3. The summed E-state index contributed by atoms with van der Waals surface area (Å²) in [5.74, 6) is 0.634. The molecule has 1 saturated heterocycles. The molecular weight excluding hydrogens is 397 g/mol. The first kappa shape index (κ1) is 22.6. The van der Waals surface area contributed by atoms with Crippen LogP contribution in [0.1, 0.15) is 24.0 Å². The van der Waals surface area contributed by atoms with E-state index in [1.54, 1.807) is 36.3 Å². The molecule has 1 heterocycles. The van der Waals surface area contributed by atoms with Gasteiger partial charge in [0.2, 0.25) is 5.91 Å². The third-order valence-corrected chi connectivity index (χ3v) is 5.03. The minimum Gasteiger partial charge on any atom is -0.493 e. The van der Waals surface area contributed by atoms with E-state index in [-0.39, 0.29) is 17.8 Å². The number of carbonyl (C=O) groups excluding carboxylic acids is 1. The van der Waals surface area contributed by atoms with Gasteiger partial charge in [-0.2, -0.15) is 0 Å². The van der Waals surface area contributed by atoms with Gasteiger partial charge in [0.1, 0.15) is 12.4 Å². The molecular formula is C25H28FNO4. The molecule has 1 atom stereocenters. The second-order valence-electron chi connectivity index (χ2n) is 7.29. The Labute approximate surface area is 182 Å². The van der Waals surface area contributed by atoms with Crippen molar-refractivity contribution in [2.24, 2.45) is 0 Å². The summed E-state index contributed by atoms with van der Waals surface area (Å²) in [6, 6.07) is 11.9. The Kier molecular flexibility index (Phi) is 8.24. The summed E-state index contributed by atoms with van der Waals surface area (Å²) in [5.41, 5.74) is 1.27. The van der Waals surface area contributed by atoms with Gasteiger partial charge in [0.15, 0.2) is 11.5 Å². The average Bonchev–Trinajstić information content (AvgIpc) is 3.30. The molecule has 2 aromatic carbocycles. The Balaban J connectivity index is 1.77. The lowest BCUT2D eigenvalue weighted by Crippen LogP contribution is -2.35. The van der Waals surface area contributed by atoms with E-state index in [1.807, 2.05) is 18.2 Å². The third kappa shape index (κ3) is 6.43. The van der Waals surface area contributed by atoms with Crippen LogP contribution in [0, 0.1) is 5.82 Å². The van der Waals surface area contributed by atoms with Gasteiger partial charge >= 0.3 is 0 Å². The molecule has 0 radical (unpaired) electrons. The molecule has 0 saturated carbocycles. The van der Waals surface area contributed by atoms with Crippen LogP contribution in [0.4, 0.5) is 4.39 Å². The van der Waals surface area contributed by atoms with Crippen molar-refractivity contribution in [2.75, 3.05) is 26.9 Å². The van der Waals surface area contributed by atoms with E-state index in [0.29, 0.717) is 43.4 Å². The summed E-state index contributed by atoms with van der Waals surface area (Å²) in [6.45, 7) is 5.58. The smallest absolute Gasteiger partial charge is 0.246 e. The second kappa shape index (κ2) is 11.3. The Hall–Kier alpha value is -3.12. The lowest BCUT2D eigenvalue weighted by Gasteiger charge is -2.25. The topological polar surface area (TPSA) is 48.0 Å². The van der Waals surface area contributed by atoms with Gasteiger partial charge in [-0.05, 0) is 42.7 Å². The molecule has 164 valence electrons. The highest BCUT2D eigenvalue weighted by Crippen LogP contribution is 2.29. The fourth-order valence-electron chi connectivity index (χ4n) is 3.44. The Morgan fingerprint density at radius 2 is 2.13 bits per heavy atom. The van der Waals surface area contributed by atoms with Crippen LogP contribution in [0.3, 0.4) is 0 Å². The van der Waals surface area contributed by atoms with Crippen molar-refractivity contribution < 1.29 is 23.4 Å². The van der Waals surface area contributed by atoms with Gasteiger partial charge in [0, 0.05) is 31.3 Å². The summed E-state index contributed by atoms with van der Waals surface area (Å²) in [5, 5.41) is 0. The Bertz CT molecular complexity index is 921. The van der Waals surface area contributed by atoms with E-state index < -0.39 is 0 Å². The number of hydrogen-bond acceptors (Lipinski definition) is 4. The van der Waals surface area contributed by atoms with E-state index >= 15 is 0 Å². The van der Waals surface area contributed by atoms with Crippen LogP contribution in [-0.4, -0.2) is 43.8 Å². The van der Waals surface area contributed by atoms with E-state index in [9.17, 15) is 9.18 Å². The highest BCUT2D eigenvalue weighted by atomic mass is 19.1. The highest BCUT2D eigenvalue weighted by molar-refractivity contribution is 5.91. The molecule has 31 heavy (non-hydrogen) atoms. The van der Waals surface area contributed by atoms with E-state index in [1.165, 1.54) is 18.2 Å². The third-order valence-electron chi connectivity index (χ3n) is 5.03. The minimum atomic E-state index is -0.364. The van der Waals surface area contributed by atoms with Crippen molar-refractivity contribution in [1.82, 2.24) is 4.90 Å². The summed E-state index contributed by atoms with van der Waals surface area (Å²) in [7, 11) is 1.58. The van der Waals surface area contributed by atoms with Crippen molar-refractivity contribution in [2.45, 2.75) is 25.5 Å². The maximum atomic E-state index is 13.9. The monoisotopic (exact) mass is 425 g/mol. The van der Waals surface area contributed by atoms with Gasteiger partial charge in [0.25, 0.3) is 0 Å². The fourth-order valence-corrected chi connectivity index (χ4v) is 3.44. The highest BCUT2D eigenvalue weighted by Gasteiger charge is 2.22. The van der Waals surface area contributed by atoms with Crippen LogP contribution in [0.2, 0.25) is 0 Å². The molecule has 0 spiro atoms. The normalized spacial score (nSPS) is 15.7. The Morgan fingerprint density at radius 3 is 2.84 bits per heavy atom. The first-order valence-electron chi connectivity index (χ1n) is 10.3. The molecule has 0 N–H and O–H groups in total. The van der Waals surface area contributed by atoms with Crippen molar-refractivity contribution in [3.05, 3.63) is 78.1 Å². The predicted octanol–water partition coefficient (Wildman–Crippen LogP) is 4.62. The first-order chi connectivity index (χ1) is 15.1. The zero-order valence-corrected chi connectivity index (χ0v) is 17.8. The number of methoxy groups -OCH3 is 1. The zero-order chi connectivity index (χ0) is 22.1. The van der Waals surface area contributed by atoms with Gasteiger partial charge in [0.05, 0.1) is 13.2 Å². The second-order valence-corrected chi connectivity index (χ2v) is 7.29. The lowest BCUT2D eigenvalue weighted by molar-refractivity contribution is -0.128. The summed E-state index contributed by atoms with van der Waals surface area (Å²) in [4.78, 5) is 14.7. The van der Waals surface area contributed by atoms with E-state index in [2.05, 4.69) is 6.58 Å². The van der Waals surface area contributed by atoms with Crippen LogP contribution in [0.15, 0.2) is 61.2 Å². The number of nitrogens with zero attached hydrogens (tertiary/aromatic N) is 1. The maximum Gasteiger partial charge on any atom is 0.246 e. The molecule has 1 amide bonds. The number of halogens is 1. The number of amides is 1. The molecule has 0 aromatic heterocycles. The Morgan fingerprint density at radius 1 is 1.29 bits per heavy atom. The number of ether oxygens (including phenoxy) is 3. The number of rotatable bonds is 10. The largest absolute Gasteiger partial charge is 0.493 e. The zero-order valence-electron chi connectivity index (χ0n) is 17.8. The lowest BCUT2D eigenvalue weighted by atomic mass is 10.1. The maximum absolute atomic E-state index is 13.9. The summed E-state index contributed by atoms with van der Waals surface area (Å²) in [6.07, 6.45) is 6.48. The number of carbonyl (C=O) groups is 1. The van der Waals surface area contributed by atoms with Gasteiger partial charge < -0.3 is 19.1 Å². The van der Waals surface area contributed by atoms with Crippen molar-refractivity contribution >= 4 is 12.0 Å². The van der Waals surface area contributed by atoms with Gasteiger partial charge in [-0.3, -0.25) is 4.79 Å². The fraction of sp³-hybridized carbons (Fsp3) is 0.320. The van der Waals surface area contributed by atoms with Gasteiger partial charge in [-0.25, -0.2) is 4.39 Å². The van der Waals surface area contributed by atoms with Crippen molar-refractivity contribution in [3.8, 4) is 11.5 Å². The summed E-state index contributed by atoms with van der Waals surface area (Å²) < 4.78 is 30.7. The van der Waals surface area contributed by atoms with Crippen LogP contribution in [-0.2, 0) is 16.1 Å². The molecule has 0 bridgehead atoms. The van der Waals surface area contributed by atoms with Crippen LogP contribution >= 0.6 is 0 Å². The number of hydrogen-bond donors (Lipinski definition) is 0. The molecule has 1 aliphatic rings. The SMILES string of the molecule is C=CCOc1ccc(CN(C[C@H]2CCCO2)C(=O)/C=C\c2ccccc2F)cc1OC. The standard InChI is InChI=1S/C25H28FNO4/c1-3-14-31-23-12-10-19(16-24(23)29-2)17-27(18-21-8-6-15-30-21)25(28)13-11-20-7-4-5-9-22(20)26/h3-5,7,9-13,16,21H,1,6,8,14-15,17-18H2,2H3/b13-11-/t21-/m1/s1. The molecule has 0 unspecified atom stereocenters. The van der Waals surface area contributed by atoms with Crippen molar-refractivity contribution in [3.63, 3.8) is 0 Å². The van der Waals surface area contributed by atoms with Crippen LogP contribution < -0.4 is 9.47 Å². The van der Waals surface area contributed by atoms with Crippen LogP contribution in [0.5, 0.6) is 11.5 Å². The summed E-state index contributed by atoms with van der Waals surface area (Å²) >= 11 is 0. The quantitative estimate of drug-likeness (QED) is 0.412. The average molecular weight is 426 g/mol. The van der Waals surface area contributed by atoms with Gasteiger partial charge in [-0.15, -0.1) is 0 Å². The molecule has 3 rings (SSSR count). The van der Waals surface area contributed by atoms with Crippen molar-refractivity contribution in [1.29, 1.82) is 0 Å². The molecule has 0 aliphatic carbocycles. The minimum absolute atomic E-state index is 0.00269. The molecule has 1 aliphatic heterocycles. The molecule has 2 aromatic rings.